The number of thioether (sulfide) groups is 2. The van der Waals surface area contributed by atoms with Gasteiger partial charge in [0.2, 0.25) is 0 Å². The number of nitrogen functional groups attached to an aromatic ring is 1. The first-order chi connectivity index (χ1) is 23.8. The van der Waals surface area contributed by atoms with E-state index in [1.807, 2.05) is 60.7 Å². The van der Waals surface area contributed by atoms with E-state index < -0.39 is 45.1 Å². The van der Waals surface area contributed by atoms with Crippen LogP contribution in [0, 0.1) is 10.1 Å². The second-order valence-electron chi connectivity index (χ2n) is 11.4. The molecule has 4 N–H and O–H groups in total. The van der Waals surface area contributed by atoms with Gasteiger partial charge in [-0.25, -0.2) is 14.8 Å². The monoisotopic (exact) mass is 721 g/mol. The molecule has 0 aliphatic heterocycles. The fourth-order valence-electron chi connectivity index (χ4n) is 4.28. The highest BCUT2D eigenvalue weighted by atomic mass is 32.2. The van der Waals surface area contributed by atoms with Crippen LogP contribution in [-0.4, -0.2) is 60.7 Å². The first kappa shape index (κ1) is 39.3. The normalized spacial score (nSPS) is 12.6. The molecule has 15 heteroatoms. The SMILES string of the molecule is CCOC(=O)[C@@H](Sc1ncccc1N)[C@H](NC(=O)OC(C)(C)C)c1ccccc1.O=C(O)C(Cc1ccccc1)Sc1ncccc1[N+](=O)[O-]. The molecule has 264 valence electrons. The minimum Gasteiger partial charge on any atom is -0.480 e. The first-order valence-electron chi connectivity index (χ1n) is 15.4. The Morgan fingerprint density at radius 2 is 1.52 bits per heavy atom. The maximum absolute atomic E-state index is 12.8. The number of aliphatic carboxylic acids is 1. The van der Waals surface area contributed by atoms with E-state index in [4.69, 9.17) is 15.2 Å². The number of carbonyl (C=O) groups excluding carboxylic acids is 2. The van der Waals surface area contributed by atoms with Crippen LogP contribution in [0.5, 0.6) is 0 Å². The van der Waals surface area contributed by atoms with Crippen LogP contribution in [0.3, 0.4) is 0 Å². The number of aromatic nitrogens is 2. The molecule has 0 saturated carbocycles. The molecule has 13 nitrogen and oxygen atoms in total. The van der Waals surface area contributed by atoms with Crippen molar-refractivity contribution in [2.45, 2.75) is 66.3 Å². The number of rotatable bonds is 13. The molecule has 0 spiro atoms. The second kappa shape index (κ2) is 19.1. The van der Waals surface area contributed by atoms with Crippen molar-refractivity contribution in [3.05, 3.63) is 119 Å². The lowest BCUT2D eigenvalue weighted by atomic mass is 10.0. The van der Waals surface area contributed by atoms with Crippen molar-refractivity contribution in [3.8, 4) is 0 Å². The number of pyridine rings is 2. The minimum atomic E-state index is -1.02. The summed E-state index contributed by atoms with van der Waals surface area (Å²) in [5.74, 6) is -1.50. The molecule has 0 saturated heterocycles. The van der Waals surface area contributed by atoms with Crippen LogP contribution in [0.4, 0.5) is 16.2 Å². The molecule has 0 radical (unpaired) electrons. The van der Waals surface area contributed by atoms with Crippen molar-refractivity contribution >= 4 is 52.9 Å². The third-order valence-corrected chi connectivity index (χ3v) is 8.91. The summed E-state index contributed by atoms with van der Waals surface area (Å²) in [6.07, 6.45) is 2.65. The van der Waals surface area contributed by atoms with Crippen molar-refractivity contribution < 1.29 is 33.9 Å². The molecular formula is C35H39N5O8S2. The molecule has 2 aromatic carbocycles. The lowest BCUT2D eigenvalue weighted by molar-refractivity contribution is -0.388. The highest BCUT2D eigenvalue weighted by Crippen LogP contribution is 2.35. The Labute approximate surface area is 298 Å². The van der Waals surface area contributed by atoms with Crippen LogP contribution in [0.25, 0.3) is 0 Å². The number of benzene rings is 2. The van der Waals surface area contributed by atoms with Gasteiger partial charge in [-0.05, 0) is 63.4 Å². The standard InChI is InChI=1S/C21H27N3O4S.C14H12N2O4S/c1-5-27-19(25)17(29-18-15(22)12-9-13-23-18)16(14-10-7-6-8-11-14)24-20(26)28-21(2,3)4;17-14(18)12(9-10-5-2-1-3-6-10)21-13-11(16(19)20)7-4-8-15-13/h6-13,16-17H,5,22H2,1-4H3,(H,24,26);1-8,12H,9H2,(H,17,18)/t16-,17+;/m1./s1. The largest absolute Gasteiger partial charge is 0.480 e. The van der Waals surface area contributed by atoms with Crippen molar-refractivity contribution in [1.29, 1.82) is 0 Å². The summed E-state index contributed by atoms with van der Waals surface area (Å²) < 4.78 is 10.7. The van der Waals surface area contributed by atoms with Crippen LogP contribution in [0.1, 0.15) is 44.9 Å². The van der Waals surface area contributed by atoms with Gasteiger partial charge in [0.05, 0.1) is 23.3 Å². The topological polar surface area (TPSA) is 197 Å². The molecule has 2 heterocycles. The van der Waals surface area contributed by atoms with E-state index in [1.54, 1.807) is 46.0 Å². The number of nitrogens with two attached hydrogens (primary N) is 1. The molecule has 4 rings (SSSR count). The van der Waals surface area contributed by atoms with Crippen molar-refractivity contribution in [2.24, 2.45) is 0 Å². The third-order valence-electron chi connectivity index (χ3n) is 6.43. The zero-order valence-electron chi connectivity index (χ0n) is 27.9. The zero-order chi connectivity index (χ0) is 36.7. The Kier molecular flexibility index (Phi) is 15.0. The molecular weight excluding hydrogens is 683 g/mol. The Balaban J connectivity index is 0.000000284. The average Bonchev–Trinajstić information content (AvgIpc) is 3.07. The van der Waals surface area contributed by atoms with Crippen LogP contribution < -0.4 is 11.1 Å². The fourth-order valence-corrected chi connectivity index (χ4v) is 6.40. The highest BCUT2D eigenvalue weighted by Gasteiger charge is 2.35. The maximum Gasteiger partial charge on any atom is 0.408 e. The van der Waals surface area contributed by atoms with Gasteiger partial charge in [0.25, 0.3) is 0 Å². The van der Waals surface area contributed by atoms with Gasteiger partial charge in [0.15, 0.2) is 5.03 Å². The molecule has 0 fully saturated rings. The van der Waals surface area contributed by atoms with E-state index in [-0.39, 0.29) is 23.7 Å². The number of hydrogen-bond donors (Lipinski definition) is 3. The molecule has 50 heavy (non-hydrogen) atoms. The van der Waals surface area contributed by atoms with Crippen LogP contribution in [-0.2, 0) is 25.5 Å². The Morgan fingerprint density at radius 3 is 2.08 bits per heavy atom. The molecule has 1 unspecified atom stereocenters. The Bertz CT molecular complexity index is 1730. The summed E-state index contributed by atoms with van der Waals surface area (Å²) in [6.45, 7) is 7.26. The third kappa shape index (κ3) is 12.7. The number of hydrogen-bond acceptors (Lipinski definition) is 12. The number of amides is 1. The number of nitrogens with zero attached hydrogens (tertiary/aromatic N) is 3. The van der Waals surface area contributed by atoms with Gasteiger partial charge in [-0.3, -0.25) is 19.7 Å². The second-order valence-corrected chi connectivity index (χ2v) is 13.8. The van der Waals surface area contributed by atoms with Gasteiger partial charge in [0.1, 0.15) is 21.1 Å². The average molecular weight is 722 g/mol. The van der Waals surface area contributed by atoms with E-state index in [0.29, 0.717) is 10.7 Å². The van der Waals surface area contributed by atoms with E-state index in [9.17, 15) is 29.6 Å². The number of carbonyl (C=O) groups is 3. The summed E-state index contributed by atoms with van der Waals surface area (Å²) in [6, 6.07) is 23.8. The molecule has 0 aliphatic rings. The number of nitro groups is 1. The quantitative estimate of drug-likeness (QED) is 0.0569. The van der Waals surface area contributed by atoms with Crippen LogP contribution in [0.15, 0.2) is 107 Å². The number of carboxylic acids is 1. The molecule has 0 bridgehead atoms. The van der Waals surface area contributed by atoms with Gasteiger partial charge in [-0.2, -0.15) is 0 Å². The van der Waals surface area contributed by atoms with E-state index in [0.717, 1.165) is 34.7 Å². The number of carboxylic acid groups (broad SMARTS) is 1. The number of nitrogens with one attached hydrogen (secondary N) is 1. The van der Waals surface area contributed by atoms with Gasteiger partial charge in [0, 0.05) is 18.5 Å². The Hall–Kier alpha value is -5.15. The molecule has 3 atom stereocenters. The van der Waals surface area contributed by atoms with E-state index >= 15 is 0 Å². The minimum absolute atomic E-state index is 0.117. The predicted octanol–water partition coefficient (Wildman–Crippen LogP) is 6.73. The summed E-state index contributed by atoms with van der Waals surface area (Å²) in [4.78, 5) is 55.3. The summed E-state index contributed by atoms with van der Waals surface area (Å²) >= 11 is 2.04. The first-order valence-corrected chi connectivity index (χ1v) is 17.2. The smallest absolute Gasteiger partial charge is 0.408 e. The number of ether oxygens (including phenoxy) is 2. The van der Waals surface area contributed by atoms with Crippen molar-refractivity contribution in [3.63, 3.8) is 0 Å². The number of anilines is 1. The number of esters is 1. The maximum atomic E-state index is 12.8. The van der Waals surface area contributed by atoms with Gasteiger partial charge in [-0.15, -0.1) is 0 Å². The molecule has 0 aliphatic carbocycles. The molecule has 4 aromatic rings. The van der Waals surface area contributed by atoms with E-state index in [1.165, 1.54) is 18.3 Å². The highest BCUT2D eigenvalue weighted by molar-refractivity contribution is 8.01. The summed E-state index contributed by atoms with van der Waals surface area (Å²) in [5.41, 5.74) is 7.20. The van der Waals surface area contributed by atoms with Gasteiger partial charge >= 0.3 is 23.7 Å². The van der Waals surface area contributed by atoms with Crippen LogP contribution in [0.2, 0.25) is 0 Å². The van der Waals surface area contributed by atoms with Gasteiger partial charge < -0.3 is 25.6 Å². The van der Waals surface area contributed by atoms with Crippen LogP contribution >= 0.6 is 23.5 Å². The lowest BCUT2D eigenvalue weighted by Crippen LogP contribution is -2.42. The molecule has 2 aromatic heterocycles. The number of alkyl carbamates (subject to hydrolysis) is 1. The molecule has 1 amide bonds. The fraction of sp³-hybridized carbons (Fsp3) is 0.286. The van der Waals surface area contributed by atoms with Crippen molar-refractivity contribution in [2.75, 3.05) is 12.3 Å². The predicted molar refractivity (Wildman–Crippen MR) is 192 cm³/mol. The lowest BCUT2D eigenvalue weighted by Gasteiger charge is -2.28. The zero-order valence-corrected chi connectivity index (χ0v) is 29.6. The van der Waals surface area contributed by atoms with Crippen molar-refractivity contribution in [1.82, 2.24) is 15.3 Å². The Morgan fingerprint density at radius 1 is 0.920 bits per heavy atom. The van der Waals surface area contributed by atoms with E-state index in [2.05, 4.69) is 15.3 Å². The van der Waals surface area contributed by atoms with Gasteiger partial charge in [-0.1, -0.05) is 84.2 Å². The summed E-state index contributed by atoms with van der Waals surface area (Å²) in [7, 11) is 0. The summed E-state index contributed by atoms with van der Waals surface area (Å²) in [5, 5.41) is 22.0.